The minimum atomic E-state index is 0.407. The third kappa shape index (κ3) is 3.03. The van der Waals surface area contributed by atoms with Gasteiger partial charge in [0.2, 0.25) is 0 Å². The van der Waals surface area contributed by atoms with E-state index in [0.717, 1.165) is 23.3 Å². The van der Waals surface area contributed by atoms with Gasteiger partial charge >= 0.3 is 0 Å². The Morgan fingerprint density at radius 1 is 1.16 bits per heavy atom. The maximum absolute atomic E-state index is 5.40. The van der Waals surface area contributed by atoms with Crippen LogP contribution in [0, 0.1) is 11.8 Å². The van der Waals surface area contributed by atoms with Gasteiger partial charge in [0.05, 0.1) is 14.2 Å². The molecule has 106 valence electrons. The van der Waals surface area contributed by atoms with Crippen molar-refractivity contribution >= 4 is 0 Å². The van der Waals surface area contributed by atoms with Gasteiger partial charge in [0.25, 0.3) is 0 Å². The fourth-order valence-electron chi connectivity index (χ4n) is 3.27. The second-order valence-corrected chi connectivity index (χ2v) is 5.56. The van der Waals surface area contributed by atoms with Gasteiger partial charge < -0.3 is 14.8 Å². The Hall–Kier alpha value is -1.22. The summed E-state index contributed by atoms with van der Waals surface area (Å²) in [4.78, 5) is 0. The highest BCUT2D eigenvalue weighted by Gasteiger charge is 2.29. The molecule has 1 aliphatic rings. The molecule has 0 aromatic heterocycles. The van der Waals surface area contributed by atoms with Crippen LogP contribution in [0.3, 0.4) is 0 Å². The highest BCUT2D eigenvalue weighted by molar-refractivity contribution is 5.44. The molecule has 1 N–H and O–H groups in total. The summed E-state index contributed by atoms with van der Waals surface area (Å²) in [5, 5.41) is 3.47. The molecule has 1 fully saturated rings. The Labute approximate surface area is 116 Å². The lowest BCUT2D eigenvalue weighted by Crippen LogP contribution is -2.23. The van der Waals surface area contributed by atoms with Crippen molar-refractivity contribution in [3.63, 3.8) is 0 Å². The summed E-state index contributed by atoms with van der Waals surface area (Å²) in [5.74, 6) is 3.17. The number of rotatable bonds is 5. The van der Waals surface area contributed by atoms with E-state index < -0.39 is 0 Å². The SMILES string of the molecule is CNC(c1ccc(OC)c(OC)c1)C1CCC(C)C1. The van der Waals surface area contributed by atoms with E-state index in [1.165, 1.54) is 24.8 Å². The Bertz CT molecular complexity index is 419. The van der Waals surface area contributed by atoms with Crippen LogP contribution in [-0.4, -0.2) is 21.3 Å². The lowest BCUT2D eigenvalue weighted by molar-refractivity contribution is 0.349. The van der Waals surface area contributed by atoms with Crippen molar-refractivity contribution in [3.05, 3.63) is 23.8 Å². The van der Waals surface area contributed by atoms with E-state index in [1.807, 2.05) is 13.1 Å². The second kappa shape index (κ2) is 6.29. The van der Waals surface area contributed by atoms with Crippen LogP contribution in [0.4, 0.5) is 0 Å². The second-order valence-electron chi connectivity index (χ2n) is 5.56. The first-order valence-electron chi connectivity index (χ1n) is 7.08. The maximum Gasteiger partial charge on any atom is 0.161 e. The van der Waals surface area contributed by atoms with Crippen LogP contribution in [0.2, 0.25) is 0 Å². The molecule has 0 radical (unpaired) electrons. The Kier molecular flexibility index (Phi) is 4.70. The lowest BCUT2D eigenvalue weighted by atomic mass is 9.91. The molecule has 3 heteroatoms. The molecule has 3 unspecified atom stereocenters. The molecule has 0 amide bonds. The normalized spacial score (nSPS) is 24.2. The summed E-state index contributed by atoms with van der Waals surface area (Å²) >= 11 is 0. The third-order valence-electron chi connectivity index (χ3n) is 4.28. The summed E-state index contributed by atoms with van der Waals surface area (Å²) in [5.41, 5.74) is 1.29. The molecule has 1 saturated carbocycles. The highest BCUT2D eigenvalue weighted by Crippen LogP contribution is 2.40. The summed E-state index contributed by atoms with van der Waals surface area (Å²) in [6.07, 6.45) is 3.96. The first-order valence-corrected chi connectivity index (χ1v) is 7.08. The number of hydrogen-bond acceptors (Lipinski definition) is 3. The largest absolute Gasteiger partial charge is 0.493 e. The van der Waals surface area contributed by atoms with Gasteiger partial charge in [-0.2, -0.15) is 0 Å². The molecule has 3 atom stereocenters. The fourth-order valence-corrected chi connectivity index (χ4v) is 3.27. The van der Waals surface area contributed by atoms with E-state index in [-0.39, 0.29) is 0 Å². The first-order chi connectivity index (χ1) is 9.19. The standard InChI is InChI=1S/C16H25NO2/c1-11-5-6-12(9-11)16(17-2)13-7-8-14(18-3)15(10-13)19-4/h7-8,10-12,16-17H,5-6,9H2,1-4H3. The quantitative estimate of drug-likeness (QED) is 0.883. The van der Waals surface area contributed by atoms with Gasteiger partial charge in [0.1, 0.15) is 0 Å². The van der Waals surface area contributed by atoms with E-state index in [1.54, 1.807) is 14.2 Å². The number of methoxy groups -OCH3 is 2. The minimum absolute atomic E-state index is 0.407. The molecule has 19 heavy (non-hydrogen) atoms. The van der Waals surface area contributed by atoms with Gasteiger partial charge in [-0.25, -0.2) is 0 Å². The van der Waals surface area contributed by atoms with E-state index in [4.69, 9.17) is 9.47 Å². The highest BCUT2D eigenvalue weighted by atomic mass is 16.5. The molecule has 1 aromatic rings. The van der Waals surface area contributed by atoms with Crippen molar-refractivity contribution < 1.29 is 9.47 Å². The van der Waals surface area contributed by atoms with Gasteiger partial charge in [0.15, 0.2) is 11.5 Å². The van der Waals surface area contributed by atoms with Crippen LogP contribution in [0.25, 0.3) is 0 Å². The van der Waals surface area contributed by atoms with Gasteiger partial charge in [-0.3, -0.25) is 0 Å². The number of nitrogens with one attached hydrogen (secondary N) is 1. The van der Waals surface area contributed by atoms with Gasteiger partial charge in [-0.1, -0.05) is 19.4 Å². The smallest absolute Gasteiger partial charge is 0.161 e. The monoisotopic (exact) mass is 263 g/mol. The first kappa shape index (κ1) is 14.2. The zero-order valence-electron chi connectivity index (χ0n) is 12.4. The summed E-state index contributed by atoms with van der Waals surface area (Å²) < 4.78 is 10.7. The van der Waals surface area contributed by atoms with Gasteiger partial charge in [-0.15, -0.1) is 0 Å². The van der Waals surface area contributed by atoms with Crippen molar-refractivity contribution in [2.45, 2.75) is 32.2 Å². The maximum atomic E-state index is 5.40. The van der Waals surface area contributed by atoms with E-state index in [0.29, 0.717) is 6.04 Å². The van der Waals surface area contributed by atoms with Crippen LogP contribution in [-0.2, 0) is 0 Å². The lowest BCUT2D eigenvalue weighted by Gasteiger charge is -2.24. The molecule has 0 aliphatic heterocycles. The average Bonchev–Trinajstić information content (AvgIpc) is 2.86. The fraction of sp³-hybridized carbons (Fsp3) is 0.625. The van der Waals surface area contributed by atoms with Crippen LogP contribution < -0.4 is 14.8 Å². The van der Waals surface area contributed by atoms with Crippen molar-refractivity contribution in [2.75, 3.05) is 21.3 Å². The topological polar surface area (TPSA) is 30.5 Å². The van der Waals surface area contributed by atoms with Crippen molar-refractivity contribution in [1.82, 2.24) is 5.32 Å². The molecule has 3 nitrogen and oxygen atoms in total. The van der Waals surface area contributed by atoms with Crippen molar-refractivity contribution in [3.8, 4) is 11.5 Å². The molecule has 0 spiro atoms. The summed E-state index contributed by atoms with van der Waals surface area (Å²) in [6, 6.07) is 6.65. The van der Waals surface area contributed by atoms with Crippen molar-refractivity contribution in [1.29, 1.82) is 0 Å². The zero-order valence-corrected chi connectivity index (χ0v) is 12.4. The molecule has 0 heterocycles. The molecule has 0 bridgehead atoms. The van der Waals surface area contributed by atoms with Crippen molar-refractivity contribution in [2.24, 2.45) is 11.8 Å². The predicted octanol–water partition coefficient (Wildman–Crippen LogP) is 3.40. The van der Waals surface area contributed by atoms with Gasteiger partial charge in [0, 0.05) is 6.04 Å². The number of ether oxygens (including phenoxy) is 2. The molecular weight excluding hydrogens is 238 g/mol. The predicted molar refractivity (Wildman–Crippen MR) is 77.9 cm³/mol. The summed E-state index contributed by atoms with van der Waals surface area (Å²) in [6.45, 7) is 2.35. The zero-order chi connectivity index (χ0) is 13.8. The minimum Gasteiger partial charge on any atom is -0.493 e. The van der Waals surface area contributed by atoms with E-state index in [9.17, 15) is 0 Å². The Morgan fingerprint density at radius 3 is 2.42 bits per heavy atom. The number of benzene rings is 1. The summed E-state index contributed by atoms with van der Waals surface area (Å²) in [7, 11) is 5.41. The average molecular weight is 263 g/mol. The van der Waals surface area contributed by atoms with E-state index in [2.05, 4.69) is 24.4 Å². The Morgan fingerprint density at radius 2 is 1.89 bits per heavy atom. The van der Waals surface area contributed by atoms with Gasteiger partial charge in [-0.05, 0) is 49.4 Å². The molecule has 2 rings (SSSR count). The van der Waals surface area contributed by atoms with E-state index >= 15 is 0 Å². The Balaban J connectivity index is 2.23. The molecule has 1 aromatic carbocycles. The van der Waals surface area contributed by atoms with Crippen LogP contribution >= 0.6 is 0 Å². The number of hydrogen-bond donors (Lipinski definition) is 1. The third-order valence-corrected chi connectivity index (χ3v) is 4.28. The molecular formula is C16H25NO2. The van der Waals surface area contributed by atoms with Crippen LogP contribution in [0.1, 0.15) is 37.8 Å². The molecule has 0 saturated heterocycles. The van der Waals surface area contributed by atoms with Crippen LogP contribution in [0.5, 0.6) is 11.5 Å². The van der Waals surface area contributed by atoms with Crippen LogP contribution in [0.15, 0.2) is 18.2 Å². The molecule has 1 aliphatic carbocycles.